The Labute approximate surface area is 192 Å². The van der Waals surface area contributed by atoms with E-state index < -0.39 is 0 Å². The molecule has 3 heterocycles. The van der Waals surface area contributed by atoms with Crippen LogP contribution >= 0.6 is 0 Å². The first-order valence-corrected chi connectivity index (χ1v) is 11.5. The second-order valence-corrected chi connectivity index (χ2v) is 9.65. The molecule has 0 radical (unpaired) electrons. The lowest BCUT2D eigenvalue weighted by molar-refractivity contribution is 0.103. The summed E-state index contributed by atoms with van der Waals surface area (Å²) in [6, 6.07) is 14.2. The average Bonchev–Trinajstić information content (AvgIpc) is 3.49. The van der Waals surface area contributed by atoms with Crippen LogP contribution in [0.1, 0.15) is 65.5 Å². The number of hydrogen-bond donors (Lipinski definition) is 2. The second kappa shape index (κ2) is 7.16. The minimum absolute atomic E-state index is 0.0345. The van der Waals surface area contributed by atoms with Crippen LogP contribution in [0.2, 0.25) is 0 Å². The molecule has 0 bridgehead atoms. The van der Waals surface area contributed by atoms with E-state index >= 15 is 0 Å². The van der Waals surface area contributed by atoms with Crippen molar-refractivity contribution in [2.45, 2.75) is 38.1 Å². The molecular formula is C27H25N5O. The van der Waals surface area contributed by atoms with Gasteiger partial charge in [-0.1, -0.05) is 32.0 Å². The molecule has 4 aromatic rings. The Bertz CT molecular complexity index is 1460. The van der Waals surface area contributed by atoms with Crippen LogP contribution in [0.25, 0.3) is 22.0 Å². The maximum absolute atomic E-state index is 13.6. The van der Waals surface area contributed by atoms with Crippen LogP contribution in [0.4, 0.5) is 0 Å². The molecule has 2 N–H and O–H groups in total. The number of nitriles is 1. The maximum Gasteiger partial charge on any atom is 0.195 e. The van der Waals surface area contributed by atoms with E-state index in [0.29, 0.717) is 11.6 Å². The third kappa shape index (κ3) is 2.96. The monoisotopic (exact) mass is 435 g/mol. The molecule has 164 valence electrons. The standard InChI is InChI=1S/C27H25N5O/c1-27(2)22-12-17(18-14-30-32(15-18)19-7-9-29-10-8-19)4-6-20(22)25(33)24-21-5-3-16(13-28)11-23(21)31-26(24)27/h3-6,11-12,14-15,19,29,31H,7-10H2,1-2H3. The number of aromatic amines is 1. The molecule has 6 rings (SSSR count). The van der Waals surface area contributed by atoms with Crippen LogP contribution in [-0.4, -0.2) is 33.6 Å². The fraction of sp³-hybridized carbons (Fsp3) is 0.296. The fourth-order valence-corrected chi connectivity index (χ4v) is 5.44. The van der Waals surface area contributed by atoms with Gasteiger partial charge in [0.25, 0.3) is 0 Å². The van der Waals surface area contributed by atoms with Gasteiger partial charge in [0, 0.05) is 39.3 Å². The molecule has 1 aliphatic heterocycles. The van der Waals surface area contributed by atoms with E-state index in [1.807, 2.05) is 30.5 Å². The van der Waals surface area contributed by atoms with E-state index in [1.54, 1.807) is 6.07 Å². The SMILES string of the molecule is CC1(C)c2cc(-c3cnn(C4CCNCC4)c3)ccc2C(=O)c2c1[nH]c1cc(C#N)ccc21. The van der Waals surface area contributed by atoms with Crippen molar-refractivity contribution in [3.63, 3.8) is 0 Å². The minimum atomic E-state index is -0.383. The van der Waals surface area contributed by atoms with Crippen molar-refractivity contribution >= 4 is 16.7 Å². The van der Waals surface area contributed by atoms with Crippen molar-refractivity contribution in [1.82, 2.24) is 20.1 Å². The predicted molar refractivity (Wildman–Crippen MR) is 127 cm³/mol. The van der Waals surface area contributed by atoms with Crippen molar-refractivity contribution < 1.29 is 4.79 Å². The molecule has 1 fully saturated rings. The Hall–Kier alpha value is -3.69. The molecule has 0 spiro atoms. The van der Waals surface area contributed by atoms with E-state index in [0.717, 1.165) is 70.3 Å². The molecule has 0 atom stereocenters. The predicted octanol–water partition coefficient (Wildman–Crippen LogP) is 4.70. The van der Waals surface area contributed by atoms with E-state index in [-0.39, 0.29) is 11.2 Å². The van der Waals surface area contributed by atoms with E-state index in [9.17, 15) is 10.1 Å². The van der Waals surface area contributed by atoms with Crippen LogP contribution in [0.3, 0.4) is 0 Å². The highest BCUT2D eigenvalue weighted by atomic mass is 16.1. The molecular weight excluding hydrogens is 410 g/mol. The highest BCUT2D eigenvalue weighted by Crippen LogP contribution is 2.44. The molecule has 2 aromatic heterocycles. The van der Waals surface area contributed by atoms with E-state index in [4.69, 9.17) is 0 Å². The fourth-order valence-electron chi connectivity index (χ4n) is 5.44. The largest absolute Gasteiger partial charge is 0.357 e. The topological polar surface area (TPSA) is 86.5 Å². The number of benzene rings is 2. The highest BCUT2D eigenvalue weighted by Gasteiger charge is 2.39. The van der Waals surface area contributed by atoms with Gasteiger partial charge in [-0.05, 0) is 55.3 Å². The van der Waals surface area contributed by atoms with Crippen LogP contribution in [-0.2, 0) is 5.41 Å². The highest BCUT2D eigenvalue weighted by molar-refractivity contribution is 6.20. The molecule has 0 amide bonds. The van der Waals surface area contributed by atoms with Crippen molar-refractivity contribution in [1.29, 1.82) is 5.26 Å². The van der Waals surface area contributed by atoms with Crippen LogP contribution < -0.4 is 5.32 Å². The third-order valence-corrected chi connectivity index (χ3v) is 7.33. The zero-order valence-corrected chi connectivity index (χ0v) is 18.8. The first-order valence-electron chi connectivity index (χ1n) is 11.5. The van der Waals surface area contributed by atoms with Gasteiger partial charge >= 0.3 is 0 Å². The molecule has 6 nitrogen and oxygen atoms in total. The van der Waals surface area contributed by atoms with Gasteiger partial charge in [-0.25, -0.2) is 0 Å². The zero-order chi connectivity index (χ0) is 22.7. The van der Waals surface area contributed by atoms with Gasteiger partial charge < -0.3 is 10.3 Å². The number of ketones is 1. The lowest BCUT2D eigenvalue weighted by Crippen LogP contribution is -2.30. The molecule has 1 saturated heterocycles. The number of hydrogen-bond acceptors (Lipinski definition) is 4. The zero-order valence-electron chi connectivity index (χ0n) is 18.8. The van der Waals surface area contributed by atoms with Crippen LogP contribution in [0.5, 0.6) is 0 Å². The summed E-state index contributed by atoms with van der Waals surface area (Å²) in [7, 11) is 0. The van der Waals surface area contributed by atoms with Gasteiger partial charge in [0.1, 0.15) is 0 Å². The minimum Gasteiger partial charge on any atom is -0.357 e. The number of H-pyrrole nitrogens is 1. The maximum atomic E-state index is 13.6. The van der Waals surface area contributed by atoms with Gasteiger partial charge in [-0.2, -0.15) is 10.4 Å². The lowest BCUT2D eigenvalue weighted by atomic mass is 9.70. The summed E-state index contributed by atoms with van der Waals surface area (Å²) in [6.07, 6.45) is 6.24. The van der Waals surface area contributed by atoms with Crippen molar-refractivity contribution in [2.24, 2.45) is 0 Å². The number of aromatic nitrogens is 3. The quantitative estimate of drug-likeness (QED) is 0.478. The van der Waals surface area contributed by atoms with Gasteiger partial charge in [0.05, 0.1) is 29.4 Å². The molecule has 1 aliphatic carbocycles. The van der Waals surface area contributed by atoms with Gasteiger partial charge in [0.15, 0.2) is 5.78 Å². The number of nitrogens with one attached hydrogen (secondary N) is 2. The average molecular weight is 436 g/mol. The van der Waals surface area contributed by atoms with Gasteiger partial charge in [0.2, 0.25) is 0 Å². The molecule has 33 heavy (non-hydrogen) atoms. The summed E-state index contributed by atoms with van der Waals surface area (Å²) >= 11 is 0. The summed E-state index contributed by atoms with van der Waals surface area (Å²) in [5, 5.41) is 18.2. The van der Waals surface area contributed by atoms with Crippen molar-refractivity contribution in [2.75, 3.05) is 13.1 Å². The van der Waals surface area contributed by atoms with Crippen LogP contribution in [0.15, 0.2) is 48.8 Å². The number of piperidine rings is 1. The van der Waals surface area contributed by atoms with E-state index in [2.05, 4.69) is 52.3 Å². The first kappa shape index (κ1) is 20.0. The van der Waals surface area contributed by atoms with Gasteiger partial charge in [-0.3, -0.25) is 9.48 Å². The van der Waals surface area contributed by atoms with Crippen molar-refractivity contribution in [3.8, 4) is 17.2 Å². The summed E-state index contributed by atoms with van der Waals surface area (Å²) in [6.45, 7) is 6.36. The summed E-state index contributed by atoms with van der Waals surface area (Å²) in [5.74, 6) is 0.0345. The number of carbonyl (C=O) groups excluding carboxylic acids is 1. The van der Waals surface area contributed by atoms with E-state index in [1.165, 1.54) is 0 Å². The Kier molecular flexibility index (Phi) is 4.33. The molecule has 0 unspecified atom stereocenters. The Morgan fingerprint density at radius 3 is 2.73 bits per heavy atom. The number of fused-ring (bicyclic) bond motifs is 4. The Morgan fingerprint density at radius 2 is 1.94 bits per heavy atom. The second-order valence-electron chi connectivity index (χ2n) is 9.65. The number of nitrogens with zero attached hydrogens (tertiary/aromatic N) is 3. The Balaban J connectivity index is 1.44. The number of carbonyl (C=O) groups is 1. The molecule has 6 heteroatoms. The summed E-state index contributed by atoms with van der Waals surface area (Å²) in [5.41, 5.74) is 6.55. The Morgan fingerprint density at radius 1 is 1.12 bits per heavy atom. The normalized spacial score (nSPS) is 17.5. The smallest absolute Gasteiger partial charge is 0.195 e. The third-order valence-electron chi connectivity index (χ3n) is 7.33. The summed E-state index contributed by atoms with van der Waals surface area (Å²) in [4.78, 5) is 17.0. The van der Waals surface area contributed by atoms with Gasteiger partial charge in [-0.15, -0.1) is 0 Å². The molecule has 2 aromatic carbocycles. The first-order chi connectivity index (χ1) is 16.0. The molecule has 2 aliphatic rings. The summed E-state index contributed by atoms with van der Waals surface area (Å²) < 4.78 is 2.09. The molecule has 0 saturated carbocycles. The number of rotatable bonds is 2. The van der Waals surface area contributed by atoms with Crippen LogP contribution in [0, 0.1) is 11.3 Å². The lowest BCUT2D eigenvalue weighted by Gasteiger charge is -2.32. The van der Waals surface area contributed by atoms with Crippen molar-refractivity contribution in [3.05, 3.63) is 76.7 Å².